The van der Waals surface area contributed by atoms with Gasteiger partial charge in [-0.2, -0.15) is 5.10 Å². The van der Waals surface area contributed by atoms with Crippen LogP contribution < -0.4 is 5.32 Å². The highest BCUT2D eigenvalue weighted by atomic mass is 32.1. The fraction of sp³-hybridized carbons (Fsp3) is 0.500. The number of likely N-dealkylation sites (N-methyl/N-ethyl adjacent to an activating group) is 1. The molecule has 0 fully saturated rings. The molecule has 7 nitrogen and oxygen atoms in total. The normalized spacial score (nSPS) is 14.3. The summed E-state index contributed by atoms with van der Waals surface area (Å²) in [6.07, 6.45) is 2.55. The molecule has 0 aromatic carbocycles. The van der Waals surface area contributed by atoms with E-state index in [1.165, 1.54) is 11.3 Å². The van der Waals surface area contributed by atoms with Crippen molar-refractivity contribution in [1.82, 2.24) is 14.7 Å². The van der Waals surface area contributed by atoms with Gasteiger partial charge in [-0.15, -0.1) is 11.3 Å². The Morgan fingerprint density at radius 2 is 2.19 bits per heavy atom. The molecule has 0 radical (unpaired) electrons. The van der Waals surface area contributed by atoms with Crippen LogP contribution in [0.3, 0.4) is 0 Å². The minimum Gasteiger partial charge on any atom is -0.462 e. The first-order valence-electron chi connectivity index (χ1n) is 8.77. The Balaban J connectivity index is 1.90. The van der Waals surface area contributed by atoms with Crippen LogP contribution in [-0.4, -0.2) is 46.8 Å². The first-order chi connectivity index (χ1) is 12.4. The molecular weight excluding hydrogens is 352 g/mol. The van der Waals surface area contributed by atoms with Gasteiger partial charge in [0.05, 0.1) is 12.2 Å². The summed E-state index contributed by atoms with van der Waals surface area (Å²) in [6.45, 7) is 7.72. The van der Waals surface area contributed by atoms with E-state index in [0.29, 0.717) is 22.9 Å². The van der Waals surface area contributed by atoms with Crippen molar-refractivity contribution in [3.05, 3.63) is 34.0 Å². The summed E-state index contributed by atoms with van der Waals surface area (Å²) < 4.78 is 6.96. The average molecular weight is 376 g/mol. The summed E-state index contributed by atoms with van der Waals surface area (Å²) in [5.74, 6) is -0.695. The molecule has 140 valence electrons. The van der Waals surface area contributed by atoms with Gasteiger partial charge in [-0.3, -0.25) is 9.48 Å². The highest BCUT2D eigenvalue weighted by Gasteiger charge is 2.29. The molecule has 0 unspecified atom stereocenters. The number of thiophene rings is 1. The smallest absolute Gasteiger partial charge is 0.341 e. The predicted molar refractivity (Wildman–Crippen MR) is 101 cm³/mol. The molecule has 0 bridgehead atoms. The van der Waals surface area contributed by atoms with Crippen molar-refractivity contribution < 1.29 is 14.3 Å². The molecule has 1 amide bonds. The zero-order valence-electron chi connectivity index (χ0n) is 15.5. The van der Waals surface area contributed by atoms with Gasteiger partial charge in [-0.05, 0) is 45.9 Å². The molecule has 0 saturated carbocycles. The molecule has 0 spiro atoms. The molecular formula is C18H24N4O3S. The predicted octanol–water partition coefficient (Wildman–Crippen LogP) is 2.94. The molecule has 8 heteroatoms. The van der Waals surface area contributed by atoms with Crippen molar-refractivity contribution in [3.8, 4) is 0 Å². The Bertz CT molecular complexity index is 825. The lowest BCUT2D eigenvalue weighted by Gasteiger charge is -2.22. The molecule has 2 aromatic heterocycles. The van der Waals surface area contributed by atoms with E-state index in [1.807, 2.05) is 20.9 Å². The monoisotopic (exact) mass is 376 g/mol. The first-order valence-corrected chi connectivity index (χ1v) is 9.59. The van der Waals surface area contributed by atoms with Crippen LogP contribution in [0.1, 0.15) is 58.1 Å². The fourth-order valence-electron chi connectivity index (χ4n) is 2.95. The van der Waals surface area contributed by atoms with Gasteiger partial charge in [0.2, 0.25) is 0 Å². The third-order valence-corrected chi connectivity index (χ3v) is 5.46. The molecule has 0 aliphatic carbocycles. The first kappa shape index (κ1) is 18.6. The Morgan fingerprint density at radius 3 is 2.85 bits per heavy atom. The van der Waals surface area contributed by atoms with E-state index in [1.54, 1.807) is 23.9 Å². The van der Waals surface area contributed by atoms with Crippen molar-refractivity contribution in [2.45, 2.75) is 39.8 Å². The minimum atomic E-state index is -0.377. The van der Waals surface area contributed by atoms with Gasteiger partial charge < -0.3 is 15.0 Å². The lowest BCUT2D eigenvalue weighted by Crippen LogP contribution is -2.26. The van der Waals surface area contributed by atoms with Gasteiger partial charge >= 0.3 is 5.97 Å². The summed E-state index contributed by atoms with van der Waals surface area (Å²) in [6, 6.07) is 1.86. The molecule has 1 N–H and O–H groups in total. The fourth-order valence-corrected chi connectivity index (χ4v) is 4.26. The molecule has 26 heavy (non-hydrogen) atoms. The highest BCUT2D eigenvalue weighted by Crippen LogP contribution is 2.37. The van der Waals surface area contributed by atoms with Crippen molar-refractivity contribution in [2.75, 3.05) is 25.5 Å². The van der Waals surface area contributed by atoms with Crippen molar-refractivity contribution in [1.29, 1.82) is 0 Å². The third kappa shape index (κ3) is 3.66. The number of carbonyl (C=O) groups is 2. The summed E-state index contributed by atoms with van der Waals surface area (Å²) in [7, 11) is 2.05. The third-order valence-electron chi connectivity index (χ3n) is 4.32. The number of nitrogens with zero attached hydrogens (tertiary/aromatic N) is 3. The van der Waals surface area contributed by atoms with Crippen molar-refractivity contribution >= 4 is 28.2 Å². The number of amides is 1. The largest absolute Gasteiger partial charge is 0.462 e. The maximum atomic E-state index is 12.6. The molecule has 0 atom stereocenters. The minimum absolute atomic E-state index is 0.177. The lowest BCUT2D eigenvalue weighted by atomic mass is 10.0. The molecule has 0 saturated heterocycles. The number of hydrogen-bond donors (Lipinski definition) is 1. The second-order valence-corrected chi connectivity index (χ2v) is 7.75. The van der Waals surface area contributed by atoms with Crippen LogP contribution in [0.5, 0.6) is 0 Å². The van der Waals surface area contributed by atoms with E-state index in [0.717, 1.165) is 30.0 Å². The van der Waals surface area contributed by atoms with Crippen LogP contribution in [0.25, 0.3) is 0 Å². The second kappa shape index (κ2) is 7.59. The topological polar surface area (TPSA) is 76.5 Å². The number of carbonyl (C=O) groups excluding carboxylic acids is 2. The Hall–Kier alpha value is -2.19. The van der Waals surface area contributed by atoms with E-state index in [2.05, 4.69) is 15.3 Å². The zero-order valence-corrected chi connectivity index (χ0v) is 16.4. The average Bonchev–Trinajstić information content (AvgIpc) is 3.19. The van der Waals surface area contributed by atoms with Crippen LogP contribution in [0.2, 0.25) is 0 Å². The molecule has 1 aliphatic rings. The van der Waals surface area contributed by atoms with Crippen LogP contribution in [0.15, 0.2) is 12.3 Å². The van der Waals surface area contributed by atoms with Crippen LogP contribution >= 0.6 is 11.3 Å². The lowest BCUT2D eigenvalue weighted by molar-refractivity contribution is 0.0526. The van der Waals surface area contributed by atoms with Gasteiger partial charge in [0, 0.05) is 30.2 Å². The summed E-state index contributed by atoms with van der Waals surface area (Å²) in [5, 5.41) is 7.72. The summed E-state index contributed by atoms with van der Waals surface area (Å²) >= 11 is 1.45. The van der Waals surface area contributed by atoms with Gasteiger partial charge in [0.1, 0.15) is 5.00 Å². The van der Waals surface area contributed by atoms with Crippen LogP contribution in [0, 0.1) is 0 Å². The Labute approximate surface area is 156 Å². The number of anilines is 1. The maximum absolute atomic E-state index is 12.6. The SMILES string of the molecule is CCOC(=O)c1c(NC(=O)c2ccn(C(C)C)n2)sc2c1CCN(C)C2. The molecule has 3 heterocycles. The maximum Gasteiger partial charge on any atom is 0.341 e. The Kier molecular flexibility index (Phi) is 5.43. The standard InChI is InChI=1S/C18H24N4O3S/c1-5-25-18(24)15-12-6-8-21(4)10-14(12)26-17(15)19-16(23)13-7-9-22(20-13)11(2)3/h7,9,11H,5-6,8,10H2,1-4H3,(H,19,23). The summed E-state index contributed by atoms with van der Waals surface area (Å²) in [4.78, 5) is 28.4. The van der Waals surface area contributed by atoms with Crippen molar-refractivity contribution in [3.63, 3.8) is 0 Å². The molecule has 1 aliphatic heterocycles. The molecule has 2 aromatic rings. The summed E-state index contributed by atoms with van der Waals surface area (Å²) in [5.41, 5.74) is 1.82. The van der Waals surface area contributed by atoms with Gasteiger partial charge in [-0.25, -0.2) is 4.79 Å². The number of hydrogen-bond acceptors (Lipinski definition) is 6. The van der Waals surface area contributed by atoms with Crippen LogP contribution in [-0.2, 0) is 17.7 Å². The van der Waals surface area contributed by atoms with E-state index in [4.69, 9.17) is 4.74 Å². The molecule has 3 rings (SSSR count). The second-order valence-electron chi connectivity index (χ2n) is 6.65. The number of aromatic nitrogens is 2. The van der Waals surface area contributed by atoms with Crippen molar-refractivity contribution in [2.24, 2.45) is 0 Å². The van der Waals surface area contributed by atoms with Crippen LogP contribution in [0.4, 0.5) is 5.00 Å². The van der Waals surface area contributed by atoms with Gasteiger partial charge in [-0.1, -0.05) is 0 Å². The number of rotatable bonds is 5. The number of fused-ring (bicyclic) bond motifs is 1. The van der Waals surface area contributed by atoms with Gasteiger partial charge in [0.15, 0.2) is 5.69 Å². The van der Waals surface area contributed by atoms with E-state index in [9.17, 15) is 9.59 Å². The van der Waals surface area contributed by atoms with E-state index < -0.39 is 0 Å². The highest BCUT2D eigenvalue weighted by molar-refractivity contribution is 7.17. The Morgan fingerprint density at radius 1 is 1.42 bits per heavy atom. The quantitative estimate of drug-likeness (QED) is 0.812. The number of ether oxygens (including phenoxy) is 1. The van der Waals surface area contributed by atoms with E-state index >= 15 is 0 Å². The number of nitrogens with one attached hydrogen (secondary N) is 1. The van der Waals surface area contributed by atoms with Gasteiger partial charge in [0.25, 0.3) is 5.91 Å². The van der Waals surface area contributed by atoms with E-state index in [-0.39, 0.29) is 17.9 Å². The zero-order chi connectivity index (χ0) is 18.8. The number of esters is 1.